The molecule has 1 aromatic heterocycles. The molecule has 22 heavy (non-hydrogen) atoms. The van der Waals surface area contributed by atoms with E-state index >= 15 is 0 Å². The fourth-order valence-electron chi connectivity index (χ4n) is 2.00. The molecule has 0 atom stereocenters. The molecule has 0 fully saturated rings. The molecule has 0 aromatic carbocycles. The van der Waals surface area contributed by atoms with Crippen molar-refractivity contribution in [1.29, 1.82) is 0 Å². The number of nitrogens with one attached hydrogen (secondary N) is 2. The molecular weight excluding hydrogens is 280 g/mol. The molecule has 0 bridgehead atoms. The van der Waals surface area contributed by atoms with E-state index in [1.807, 2.05) is 20.8 Å². The van der Waals surface area contributed by atoms with Crippen molar-refractivity contribution in [3.63, 3.8) is 0 Å². The number of aryl methyl sites for hydroxylation is 2. The summed E-state index contributed by atoms with van der Waals surface area (Å²) in [6.07, 6.45) is 1.66. The molecule has 126 valence electrons. The van der Waals surface area contributed by atoms with Gasteiger partial charge in [-0.3, -0.25) is 0 Å². The molecule has 1 heterocycles. The van der Waals surface area contributed by atoms with Crippen LogP contribution in [0.1, 0.15) is 51.6 Å². The molecule has 0 spiro atoms. The Morgan fingerprint density at radius 3 is 2.50 bits per heavy atom. The maximum atomic E-state index is 9.33. The van der Waals surface area contributed by atoms with Crippen molar-refractivity contribution in [3.8, 4) is 0 Å². The van der Waals surface area contributed by atoms with Gasteiger partial charge in [-0.2, -0.15) is 0 Å². The van der Waals surface area contributed by atoms with Crippen molar-refractivity contribution >= 4 is 5.96 Å². The highest BCUT2D eigenvalue weighted by Gasteiger charge is 2.17. The summed E-state index contributed by atoms with van der Waals surface area (Å²) < 4.78 is 5.37. The van der Waals surface area contributed by atoms with E-state index in [2.05, 4.69) is 34.6 Å². The first-order chi connectivity index (χ1) is 10.5. The normalized spacial score (nSPS) is 12.5. The maximum Gasteiger partial charge on any atom is 0.191 e. The second-order valence-electron chi connectivity index (χ2n) is 6.11. The monoisotopic (exact) mass is 310 g/mol. The average molecular weight is 310 g/mol. The Bertz CT molecular complexity index is 459. The molecule has 1 aromatic rings. The third-order valence-corrected chi connectivity index (χ3v) is 3.51. The Hall–Kier alpha value is -1.56. The molecule has 0 amide bonds. The Morgan fingerprint density at radius 1 is 1.23 bits per heavy atom. The molecule has 0 aliphatic heterocycles. The minimum Gasteiger partial charge on any atom is -0.396 e. The lowest BCUT2D eigenvalue weighted by Crippen LogP contribution is -2.43. The van der Waals surface area contributed by atoms with Gasteiger partial charge in [0.25, 0.3) is 0 Å². The summed E-state index contributed by atoms with van der Waals surface area (Å²) in [6, 6.07) is 0. The standard InChI is InChI=1S/C16H30N4O2/c1-6-13-12(14(7-2)22-20-13)9-18-15(17-8-3)19-10-16(4,5)11-21/h21H,6-11H2,1-5H3,(H2,17,18,19). The van der Waals surface area contributed by atoms with Crippen molar-refractivity contribution in [2.45, 2.75) is 54.0 Å². The van der Waals surface area contributed by atoms with Crippen LogP contribution in [0.15, 0.2) is 9.52 Å². The molecule has 1 rings (SSSR count). The third kappa shape index (κ3) is 5.33. The van der Waals surface area contributed by atoms with E-state index in [0.29, 0.717) is 13.1 Å². The number of hydrogen-bond acceptors (Lipinski definition) is 4. The summed E-state index contributed by atoms with van der Waals surface area (Å²) in [6.45, 7) is 12.3. The van der Waals surface area contributed by atoms with E-state index in [1.54, 1.807) is 0 Å². The van der Waals surface area contributed by atoms with E-state index in [1.165, 1.54) is 0 Å². The number of rotatable bonds is 8. The highest BCUT2D eigenvalue weighted by molar-refractivity contribution is 5.79. The van der Waals surface area contributed by atoms with Gasteiger partial charge < -0.3 is 20.3 Å². The summed E-state index contributed by atoms with van der Waals surface area (Å²) in [5.41, 5.74) is 1.88. The summed E-state index contributed by atoms with van der Waals surface area (Å²) in [4.78, 5) is 4.62. The molecule has 6 heteroatoms. The highest BCUT2D eigenvalue weighted by Crippen LogP contribution is 2.17. The fraction of sp³-hybridized carbons (Fsp3) is 0.750. The molecule has 3 N–H and O–H groups in total. The maximum absolute atomic E-state index is 9.33. The lowest BCUT2D eigenvalue weighted by atomic mass is 9.95. The molecule has 6 nitrogen and oxygen atoms in total. The molecule has 0 saturated carbocycles. The van der Waals surface area contributed by atoms with Gasteiger partial charge in [0.2, 0.25) is 0 Å². The first-order valence-corrected chi connectivity index (χ1v) is 8.06. The first-order valence-electron chi connectivity index (χ1n) is 8.06. The van der Waals surface area contributed by atoms with Crippen molar-refractivity contribution in [3.05, 3.63) is 17.0 Å². The van der Waals surface area contributed by atoms with Gasteiger partial charge >= 0.3 is 0 Å². The zero-order valence-electron chi connectivity index (χ0n) is 14.5. The summed E-state index contributed by atoms with van der Waals surface area (Å²) in [5.74, 6) is 1.65. The topological polar surface area (TPSA) is 82.7 Å². The predicted molar refractivity (Wildman–Crippen MR) is 88.9 cm³/mol. The van der Waals surface area contributed by atoms with Crippen LogP contribution in [-0.2, 0) is 19.4 Å². The third-order valence-electron chi connectivity index (χ3n) is 3.51. The lowest BCUT2D eigenvalue weighted by Gasteiger charge is -2.23. The number of aromatic nitrogens is 1. The van der Waals surface area contributed by atoms with E-state index in [9.17, 15) is 5.11 Å². The average Bonchev–Trinajstić information content (AvgIpc) is 2.92. The van der Waals surface area contributed by atoms with Crippen LogP contribution in [0.4, 0.5) is 0 Å². The van der Waals surface area contributed by atoms with Gasteiger partial charge in [-0.1, -0.05) is 32.9 Å². The van der Waals surface area contributed by atoms with Gasteiger partial charge in [0.1, 0.15) is 5.76 Å². The second kappa shape index (κ2) is 8.78. The molecule has 0 aliphatic rings. The Labute approximate surface area is 133 Å². The minimum absolute atomic E-state index is 0.130. The van der Waals surface area contributed by atoms with Crippen LogP contribution >= 0.6 is 0 Å². The van der Waals surface area contributed by atoms with Gasteiger partial charge in [-0.15, -0.1) is 0 Å². The number of guanidine groups is 1. The van der Waals surface area contributed by atoms with Crippen LogP contribution in [0, 0.1) is 5.41 Å². The summed E-state index contributed by atoms with van der Waals surface area (Å²) >= 11 is 0. The van der Waals surface area contributed by atoms with Gasteiger partial charge in [-0.05, 0) is 13.3 Å². The number of aliphatic imine (C=N–C) groups is 1. The zero-order chi connectivity index (χ0) is 16.6. The van der Waals surface area contributed by atoms with Gasteiger partial charge in [0, 0.05) is 37.1 Å². The Balaban J connectivity index is 2.79. The van der Waals surface area contributed by atoms with Crippen LogP contribution < -0.4 is 10.6 Å². The Morgan fingerprint density at radius 2 is 1.95 bits per heavy atom. The SMILES string of the molecule is CCNC(=NCc1c(CC)noc1CC)NCC(C)(C)CO. The van der Waals surface area contributed by atoms with Crippen LogP contribution in [0.2, 0.25) is 0 Å². The molecule has 0 unspecified atom stereocenters. The molecule has 0 aliphatic carbocycles. The molecular formula is C16H30N4O2. The summed E-state index contributed by atoms with van der Waals surface area (Å²) in [5, 5.41) is 19.9. The Kier molecular flexibility index (Phi) is 7.38. The molecule has 0 radical (unpaired) electrons. The largest absolute Gasteiger partial charge is 0.396 e. The van der Waals surface area contributed by atoms with Crippen molar-refractivity contribution in [1.82, 2.24) is 15.8 Å². The van der Waals surface area contributed by atoms with Crippen molar-refractivity contribution in [2.75, 3.05) is 19.7 Å². The van der Waals surface area contributed by atoms with Crippen molar-refractivity contribution < 1.29 is 9.63 Å². The first kappa shape index (κ1) is 18.5. The van der Waals surface area contributed by atoms with E-state index in [0.717, 1.165) is 42.4 Å². The quantitative estimate of drug-likeness (QED) is 0.504. The lowest BCUT2D eigenvalue weighted by molar-refractivity contribution is 0.162. The molecule has 0 saturated heterocycles. The van der Waals surface area contributed by atoms with Gasteiger partial charge in [0.15, 0.2) is 5.96 Å². The van der Waals surface area contributed by atoms with Crippen LogP contribution in [0.3, 0.4) is 0 Å². The smallest absolute Gasteiger partial charge is 0.191 e. The van der Waals surface area contributed by atoms with E-state index < -0.39 is 0 Å². The van der Waals surface area contributed by atoms with Crippen LogP contribution in [0.25, 0.3) is 0 Å². The van der Waals surface area contributed by atoms with E-state index in [-0.39, 0.29) is 12.0 Å². The number of nitrogens with zero attached hydrogens (tertiary/aromatic N) is 2. The zero-order valence-corrected chi connectivity index (χ0v) is 14.5. The fourth-order valence-corrected chi connectivity index (χ4v) is 2.00. The van der Waals surface area contributed by atoms with Crippen molar-refractivity contribution in [2.24, 2.45) is 10.4 Å². The van der Waals surface area contributed by atoms with Crippen LogP contribution in [-0.4, -0.2) is 35.9 Å². The van der Waals surface area contributed by atoms with Gasteiger partial charge in [-0.25, -0.2) is 4.99 Å². The number of aliphatic hydroxyl groups is 1. The van der Waals surface area contributed by atoms with Gasteiger partial charge in [0.05, 0.1) is 12.2 Å². The van der Waals surface area contributed by atoms with Crippen LogP contribution in [0.5, 0.6) is 0 Å². The number of aliphatic hydroxyl groups excluding tert-OH is 1. The minimum atomic E-state index is -0.184. The predicted octanol–water partition coefficient (Wildman–Crippen LogP) is 1.87. The number of hydrogen-bond donors (Lipinski definition) is 3. The summed E-state index contributed by atoms with van der Waals surface area (Å²) in [7, 11) is 0. The second-order valence-corrected chi connectivity index (χ2v) is 6.11. The highest BCUT2D eigenvalue weighted by atomic mass is 16.5. The van der Waals surface area contributed by atoms with E-state index in [4.69, 9.17) is 4.52 Å².